The largest absolute Gasteiger partial charge is 0.417 e. The highest BCUT2D eigenvalue weighted by Crippen LogP contribution is 2.31. The lowest BCUT2D eigenvalue weighted by atomic mass is 10.1. The molecule has 22 heavy (non-hydrogen) atoms. The second-order valence-electron chi connectivity index (χ2n) is 4.20. The summed E-state index contributed by atoms with van der Waals surface area (Å²) in [7, 11) is 1.55. The molecule has 1 aromatic heterocycles. The van der Waals surface area contributed by atoms with Crippen LogP contribution in [-0.4, -0.2) is 22.0 Å². The summed E-state index contributed by atoms with van der Waals surface area (Å²) in [6, 6.07) is 4.76. The van der Waals surface area contributed by atoms with E-state index in [0.717, 1.165) is 12.3 Å². The molecule has 1 heterocycles. The summed E-state index contributed by atoms with van der Waals surface area (Å²) >= 11 is 5.74. The fraction of sp³-hybridized carbons (Fsp3) is 0.154. The van der Waals surface area contributed by atoms with Crippen LogP contribution >= 0.6 is 11.6 Å². The molecule has 0 aliphatic rings. The van der Waals surface area contributed by atoms with Gasteiger partial charge in [-0.05, 0) is 6.07 Å². The number of nitrogens with zero attached hydrogens (tertiary/aromatic N) is 3. The molecule has 5 nitrogen and oxygen atoms in total. The molecule has 0 unspecified atom stereocenters. The summed E-state index contributed by atoms with van der Waals surface area (Å²) in [5.41, 5.74) is -1.29. The average molecular weight is 332 g/mol. The van der Waals surface area contributed by atoms with E-state index in [1.807, 2.05) is 0 Å². The number of oxime groups is 1. The Hall–Kier alpha value is -2.35. The molecule has 1 aromatic carbocycles. The zero-order valence-electron chi connectivity index (χ0n) is 11.1. The Bertz CT molecular complexity index is 726. The van der Waals surface area contributed by atoms with Gasteiger partial charge in [0.15, 0.2) is 5.69 Å². The Kier molecular flexibility index (Phi) is 4.51. The van der Waals surface area contributed by atoms with E-state index in [-0.39, 0.29) is 16.3 Å². The maximum atomic E-state index is 12.8. The molecule has 0 aliphatic carbocycles. The smallest absolute Gasteiger partial charge is 0.311 e. The average Bonchev–Trinajstić information content (AvgIpc) is 2.77. The second-order valence-corrected chi connectivity index (χ2v) is 4.60. The standard InChI is InChI=1S/C13H9ClF3N3O2/c1-20-7-10(14)11(19-20)12(21)22-18-6-8-4-2-3-5-9(8)13(15,16)17/h2-7H,1H3/b18-6+. The number of halogens is 4. The van der Waals surface area contributed by atoms with E-state index in [9.17, 15) is 18.0 Å². The number of carbonyl (C=O) groups is 1. The summed E-state index contributed by atoms with van der Waals surface area (Å²) in [6.07, 6.45) is -2.35. The van der Waals surface area contributed by atoms with Gasteiger partial charge in [0.1, 0.15) is 0 Å². The van der Waals surface area contributed by atoms with E-state index < -0.39 is 17.7 Å². The molecular weight excluding hydrogens is 323 g/mol. The molecule has 9 heteroatoms. The van der Waals surface area contributed by atoms with Crippen molar-refractivity contribution in [2.45, 2.75) is 6.18 Å². The first-order valence-electron chi connectivity index (χ1n) is 5.89. The molecule has 0 spiro atoms. The van der Waals surface area contributed by atoms with Gasteiger partial charge in [-0.2, -0.15) is 18.3 Å². The number of rotatable bonds is 3. The lowest BCUT2D eigenvalue weighted by molar-refractivity contribution is -0.137. The summed E-state index contributed by atoms with van der Waals surface area (Å²) < 4.78 is 39.6. The number of carbonyl (C=O) groups excluding carboxylic acids is 1. The molecule has 0 radical (unpaired) electrons. The number of aryl methyl sites for hydroxylation is 1. The Balaban J connectivity index is 2.14. The molecule has 0 aliphatic heterocycles. The number of aromatic nitrogens is 2. The molecule has 0 amide bonds. The molecule has 116 valence electrons. The van der Waals surface area contributed by atoms with Crippen LogP contribution in [0.15, 0.2) is 35.6 Å². The summed E-state index contributed by atoms with van der Waals surface area (Å²) in [6.45, 7) is 0. The quantitative estimate of drug-likeness (QED) is 0.492. The fourth-order valence-corrected chi connectivity index (χ4v) is 1.90. The summed E-state index contributed by atoms with van der Waals surface area (Å²) in [4.78, 5) is 16.1. The molecule has 0 N–H and O–H groups in total. The maximum Gasteiger partial charge on any atom is 0.417 e. The molecule has 0 saturated carbocycles. The first kappa shape index (κ1) is 16.0. The van der Waals surface area contributed by atoms with Gasteiger partial charge in [0, 0.05) is 18.8 Å². The maximum absolute atomic E-state index is 12.8. The number of hydrogen-bond donors (Lipinski definition) is 0. The third kappa shape index (κ3) is 3.64. The minimum Gasteiger partial charge on any atom is -0.311 e. The molecule has 0 atom stereocenters. The van der Waals surface area contributed by atoms with Gasteiger partial charge in [-0.3, -0.25) is 4.68 Å². The summed E-state index contributed by atoms with van der Waals surface area (Å²) in [5, 5.41) is 7.06. The minimum absolute atomic E-state index is 0.0541. The van der Waals surface area contributed by atoms with E-state index >= 15 is 0 Å². The van der Waals surface area contributed by atoms with Gasteiger partial charge in [-0.15, -0.1) is 0 Å². The van der Waals surface area contributed by atoms with Gasteiger partial charge in [-0.25, -0.2) is 4.79 Å². The van der Waals surface area contributed by atoms with E-state index in [1.165, 1.54) is 29.1 Å². The van der Waals surface area contributed by atoms with Crippen LogP contribution in [0.25, 0.3) is 0 Å². The Morgan fingerprint density at radius 2 is 2.09 bits per heavy atom. The van der Waals surface area contributed by atoms with E-state index in [0.29, 0.717) is 0 Å². The Morgan fingerprint density at radius 3 is 2.68 bits per heavy atom. The van der Waals surface area contributed by atoms with Crippen molar-refractivity contribution in [1.29, 1.82) is 0 Å². The van der Waals surface area contributed by atoms with Crippen molar-refractivity contribution in [1.82, 2.24) is 9.78 Å². The normalized spacial score (nSPS) is 11.9. The first-order valence-corrected chi connectivity index (χ1v) is 6.27. The molecule has 2 rings (SSSR count). The van der Waals surface area contributed by atoms with Crippen molar-refractivity contribution in [2.24, 2.45) is 12.2 Å². The topological polar surface area (TPSA) is 56.5 Å². The predicted molar refractivity (Wildman–Crippen MR) is 72.7 cm³/mol. The second kappa shape index (κ2) is 6.18. The Morgan fingerprint density at radius 1 is 1.41 bits per heavy atom. The number of hydrogen-bond acceptors (Lipinski definition) is 4. The highest BCUT2D eigenvalue weighted by Gasteiger charge is 2.32. The zero-order valence-corrected chi connectivity index (χ0v) is 11.9. The van der Waals surface area contributed by atoms with Gasteiger partial charge in [0.05, 0.1) is 16.8 Å². The predicted octanol–water partition coefficient (Wildman–Crippen LogP) is 3.28. The van der Waals surface area contributed by atoms with Crippen LogP contribution in [0, 0.1) is 0 Å². The van der Waals surface area contributed by atoms with Gasteiger partial charge < -0.3 is 4.84 Å². The molecule has 2 aromatic rings. The van der Waals surface area contributed by atoms with Crippen LogP contribution in [-0.2, 0) is 18.1 Å². The van der Waals surface area contributed by atoms with Gasteiger partial charge in [-0.1, -0.05) is 35.0 Å². The number of benzene rings is 1. The molecule has 0 saturated heterocycles. The minimum atomic E-state index is -4.53. The van der Waals surface area contributed by atoms with Crippen LogP contribution in [0.1, 0.15) is 21.6 Å². The lowest BCUT2D eigenvalue weighted by Gasteiger charge is -2.08. The van der Waals surface area contributed by atoms with Crippen LogP contribution in [0.2, 0.25) is 5.02 Å². The van der Waals surface area contributed by atoms with Gasteiger partial charge in [0.25, 0.3) is 0 Å². The third-order valence-electron chi connectivity index (χ3n) is 2.57. The third-order valence-corrected chi connectivity index (χ3v) is 2.85. The molecule has 0 bridgehead atoms. The van der Waals surface area contributed by atoms with Crippen LogP contribution in [0.5, 0.6) is 0 Å². The van der Waals surface area contributed by atoms with Crippen LogP contribution in [0.4, 0.5) is 13.2 Å². The van der Waals surface area contributed by atoms with Crippen molar-refractivity contribution in [2.75, 3.05) is 0 Å². The van der Waals surface area contributed by atoms with Crippen LogP contribution < -0.4 is 0 Å². The van der Waals surface area contributed by atoms with Crippen molar-refractivity contribution in [3.8, 4) is 0 Å². The molecule has 0 fully saturated rings. The van der Waals surface area contributed by atoms with E-state index in [1.54, 1.807) is 7.05 Å². The first-order chi connectivity index (χ1) is 10.3. The Labute approximate surface area is 127 Å². The highest BCUT2D eigenvalue weighted by molar-refractivity contribution is 6.33. The monoisotopic (exact) mass is 331 g/mol. The lowest BCUT2D eigenvalue weighted by Crippen LogP contribution is -2.09. The van der Waals surface area contributed by atoms with E-state index in [4.69, 9.17) is 11.6 Å². The number of alkyl halides is 3. The molecular formula is C13H9ClF3N3O2. The summed E-state index contributed by atoms with van der Waals surface area (Å²) in [5.74, 6) is -0.966. The van der Waals surface area contributed by atoms with Crippen molar-refractivity contribution in [3.63, 3.8) is 0 Å². The van der Waals surface area contributed by atoms with Gasteiger partial charge >= 0.3 is 12.1 Å². The zero-order chi connectivity index (χ0) is 16.3. The van der Waals surface area contributed by atoms with Crippen molar-refractivity contribution in [3.05, 3.63) is 52.3 Å². The van der Waals surface area contributed by atoms with Crippen LogP contribution in [0.3, 0.4) is 0 Å². The SMILES string of the molecule is Cn1cc(Cl)c(C(=O)O/N=C/c2ccccc2C(F)(F)F)n1. The highest BCUT2D eigenvalue weighted by atomic mass is 35.5. The van der Waals surface area contributed by atoms with E-state index in [2.05, 4.69) is 15.1 Å². The van der Waals surface area contributed by atoms with Crippen molar-refractivity contribution >= 4 is 23.8 Å². The van der Waals surface area contributed by atoms with Crippen molar-refractivity contribution < 1.29 is 22.8 Å². The fourth-order valence-electron chi connectivity index (χ4n) is 1.64. The van der Waals surface area contributed by atoms with Gasteiger partial charge in [0.2, 0.25) is 0 Å².